The molecule has 0 bridgehead atoms. The topological polar surface area (TPSA) is 21.3 Å². The number of rotatable bonds is 6. The highest BCUT2D eigenvalue weighted by molar-refractivity contribution is 5.43. The fourth-order valence-electron chi connectivity index (χ4n) is 2.78. The van der Waals surface area contributed by atoms with E-state index >= 15 is 0 Å². The zero-order valence-corrected chi connectivity index (χ0v) is 12.2. The molecule has 0 unspecified atom stereocenters. The largest absolute Gasteiger partial charge is 0.493 e. The first kappa shape index (κ1) is 13.0. The van der Waals surface area contributed by atoms with E-state index in [2.05, 4.69) is 31.3 Å². The molecule has 2 fully saturated rings. The van der Waals surface area contributed by atoms with Gasteiger partial charge >= 0.3 is 0 Å². The van der Waals surface area contributed by atoms with E-state index in [-0.39, 0.29) is 0 Å². The minimum atomic E-state index is 0.773. The third-order valence-corrected chi connectivity index (χ3v) is 4.38. The summed E-state index contributed by atoms with van der Waals surface area (Å²) in [5.74, 6) is 1.91. The Morgan fingerprint density at radius 3 is 2.32 bits per heavy atom. The molecule has 1 N–H and O–H groups in total. The second-order valence-electron chi connectivity index (χ2n) is 6.32. The van der Waals surface area contributed by atoms with Gasteiger partial charge in [0, 0.05) is 12.6 Å². The predicted octanol–water partition coefficient (Wildman–Crippen LogP) is 3.73. The number of hydrogen-bond acceptors (Lipinski definition) is 2. The maximum Gasteiger partial charge on any atom is 0.125 e. The number of hydrogen-bond donors (Lipinski definition) is 1. The second kappa shape index (κ2) is 5.54. The zero-order valence-electron chi connectivity index (χ0n) is 12.2. The zero-order chi connectivity index (χ0) is 13.2. The van der Waals surface area contributed by atoms with Gasteiger partial charge in [-0.15, -0.1) is 0 Å². The monoisotopic (exact) mass is 259 g/mol. The number of nitrogens with one attached hydrogen (secondary N) is 1. The van der Waals surface area contributed by atoms with Crippen LogP contribution in [-0.4, -0.2) is 12.6 Å². The van der Waals surface area contributed by atoms with Crippen molar-refractivity contribution in [3.63, 3.8) is 0 Å². The summed E-state index contributed by atoms with van der Waals surface area (Å²) in [5, 5.41) is 3.57. The van der Waals surface area contributed by atoms with Crippen molar-refractivity contribution in [2.45, 2.75) is 58.5 Å². The summed E-state index contributed by atoms with van der Waals surface area (Å²) in [6.45, 7) is 6.24. The summed E-state index contributed by atoms with van der Waals surface area (Å²) in [5.41, 5.74) is 3.96. The molecule has 2 aliphatic carbocycles. The molecule has 2 saturated carbocycles. The maximum absolute atomic E-state index is 6.04. The number of benzene rings is 1. The fraction of sp³-hybridized carbons (Fsp3) is 0.647. The standard InChI is InChI=1S/C17H25NO/c1-12-8-15(10-18-16-6-7-16)9-13(2)17(12)19-11-14-4-3-5-14/h8-9,14,16,18H,3-7,10-11H2,1-2H3. The Kier molecular flexibility index (Phi) is 3.79. The highest BCUT2D eigenvalue weighted by Gasteiger charge is 2.21. The first-order valence-corrected chi connectivity index (χ1v) is 7.68. The molecule has 0 spiro atoms. The average Bonchev–Trinajstić information content (AvgIpc) is 3.11. The second-order valence-corrected chi connectivity index (χ2v) is 6.32. The van der Waals surface area contributed by atoms with Crippen molar-refractivity contribution in [2.75, 3.05) is 6.61 Å². The Morgan fingerprint density at radius 2 is 1.79 bits per heavy atom. The normalized spacial score (nSPS) is 19.3. The molecule has 1 aromatic carbocycles. The average molecular weight is 259 g/mol. The molecule has 0 heterocycles. The summed E-state index contributed by atoms with van der Waals surface area (Å²) in [7, 11) is 0. The van der Waals surface area contributed by atoms with E-state index in [4.69, 9.17) is 4.74 Å². The summed E-state index contributed by atoms with van der Waals surface area (Å²) in [6.07, 6.45) is 6.78. The molecule has 2 heteroatoms. The van der Waals surface area contributed by atoms with Gasteiger partial charge in [-0.3, -0.25) is 0 Å². The van der Waals surface area contributed by atoms with Gasteiger partial charge in [-0.1, -0.05) is 18.6 Å². The van der Waals surface area contributed by atoms with E-state index in [9.17, 15) is 0 Å². The third kappa shape index (κ3) is 3.30. The van der Waals surface area contributed by atoms with Crippen molar-refractivity contribution < 1.29 is 4.74 Å². The van der Waals surface area contributed by atoms with Gasteiger partial charge in [0.2, 0.25) is 0 Å². The van der Waals surface area contributed by atoms with Crippen molar-refractivity contribution in [2.24, 2.45) is 5.92 Å². The molecule has 1 aromatic rings. The molecule has 0 aromatic heterocycles. The van der Waals surface area contributed by atoms with Crippen LogP contribution >= 0.6 is 0 Å². The van der Waals surface area contributed by atoms with E-state index in [1.54, 1.807) is 0 Å². The van der Waals surface area contributed by atoms with Gasteiger partial charge < -0.3 is 10.1 Å². The van der Waals surface area contributed by atoms with Gasteiger partial charge in [0.15, 0.2) is 0 Å². The van der Waals surface area contributed by atoms with Gasteiger partial charge in [0.05, 0.1) is 6.61 Å². The Morgan fingerprint density at radius 1 is 1.11 bits per heavy atom. The van der Waals surface area contributed by atoms with Crippen LogP contribution in [0.15, 0.2) is 12.1 Å². The van der Waals surface area contributed by atoms with Crippen LogP contribution in [0.25, 0.3) is 0 Å². The predicted molar refractivity (Wildman–Crippen MR) is 78.6 cm³/mol. The first-order valence-electron chi connectivity index (χ1n) is 7.68. The quantitative estimate of drug-likeness (QED) is 0.840. The summed E-state index contributed by atoms with van der Waals surface area (Å²) in [4.78, 5) is 0. The van der Waals surface area contributed by atoms with Crippen LogP contribution in [-0.2, 0) is 6.54 Å². The van der Waals surface area contributed by atoms with Gasteiger partial charge in [0.1, 0.15) is 5.75 Å². The SMILES string of the molecule is Cc1cc(CNC2CC2)cc(C)c1OCC1CCC1. The molecule has 2 nitrogen and oxygen atoms in total. The summed E-state index contributed by atoms with van der Waals surface area (Å²) in [6, 6.07) is 5.33. The number of aryl methyl sites for hydroxylation is 2. The van der Waals surface area contributed by atoms with Crippen molar-refractivity contribution in [1.29, 1.82) is 0 Å². The Labute approximate surface area is 116 Å². The smallest absolute Gasteiger partial charge is 0.125 e. The van der Waals surface area contributed by atoms with Crippen molar-refractivity contribution >= 4 is 0 Å². The summed E-state index contributed by atoms with van der Waals surface area (Å²) < 4.78 is 6.04. The van der Waals surface area contributed by atoms with Crippen molar-refractivity contribution in [3.05, 3.63) is 28.8 Å². The molecule has 2 aliphatic rings. The molecule has 0 radical (unpaired) electrons. The van der Waals surface area contributed by atoms with Crippen LogP contribution in [0.3, 0.4) is 0 Å². The van der Waals surface area contributed by atoms with Crippen LogP contribution in [0, 0.1) is 19.8 Å². The van der Waals surface area contributed by atoms with E-state index in [1.807, 2.05) is 0 Å². The number of ether oxygens (including phenoxy) is 1. The van der Waals surface area contributed by atoms with E-state index in [0.29, 0.717) is 0 Å². The van der Waals surface area contributed by atoms with Crippen LogP contribution < -0.4 is 10.1 Å². The lowest BCUT2D eigenvalue weighted by molar-refractivity contribution is 0.179. The van der Waals surface area contributed by atoms with Crippen molar-refractivity contribution in [3.8, 4) is 5.75 Å². The van der Waals surface area contributed by atoms with Gasteiger partial charge in [0.25, 0.3) is 0 Å². The Bertz CT molecular complexity index is 424. The molecule has 0 atom stereocenters. The molecule has 104 valence electrons. The van der Waals surface area contributed by atoms with Crippen molar-refractivity contribution in [1.82, 2.24) is 5.32 Å². The lowest BCUT2D eigenvalue weighted by atomic mass is 9.86. The fourth-order valence-corrected chi connectivity index (χ4v) is 2.78. The first-order chi connectivity index (χ1) is 9.22. The van der Waals surface area contributed by atoms with Crippen LogP contribution in [0.5, 0.6) is 5.75 Å². The molecule has 3 rings (SSSR count). The van der Waals surface area contributed by atoms with Gasteiger partial charge in [-0.2, -0.15) is 0 Å². The van der Waals surface area contributed by atoms with Crippen LogP contribution in [0.1, 0.15) is 48.8 Å². The van der Waals surface area contributed by atoms with E-state index in [0.717, 1.165) is 30.9 Å². The van der Waals surface area contributed by atoms with E-state index < -0.39 is 0 Å². The molecular weight excluding hydrogens is 234 g/mol. The Hall–Kier alpha value is -1.02. The van der Waals surface area contributed by atoms with E-state index in [1.165, 1.54) is 48.8 Å². The van der Waals surface area contributed by atoms with Crippen LogP contribution in [0.2, 0.25) is 0 Å². The molecule has 0 aliphatic heterocycles. The van der Waals surface area contributed by atoms with Gasteiger partial charge in [-0.05, 0) is 62.1 Å². The summed E-state index contributed by atoms with van der Waals surface area (Å²) >= 11 is 0. The molecule has 19 heavy (non-hydrogen) atoms. The highest BCUT2D eigenvalue weighted by Crippen LogP contribution is 2.30. The third-order valence-electron chi connectivity index (χ3n) is 4.38. The van der Waals surface area contributed by atoms with Crippen LogP contribution in [0.4, 0.5) is 0 Å². The lowest BCUT2D eigenvalue weighted by Crippen LogP contribution is -2.20. The maximum atomic E-state index is 6.04. The highest BCUT2D eigenvalue weighted by atomic mass is 16.5. The minimum Gasteiger partial charge on any atom is -0.493 e. The molecular formula is C17H25NO. The molecule has 0 amide bonds. The Balaban J connectivity index is 1.61. The lowest BCUT2D eigenvalue weighted by Gasteiger charge is -2.26. The minimum absolute atomic E-state index is 0.773. The molecule has 0 saturated heterocycles. The van der Waals surface area contributed by atoms with Gasteiger partial charge in [-0.25, -0.2) is 0 Å².